The second-order valence-electron chi connectivity index (χ2n) is 10.6. The Morgan fingerprint density at radius 2 is 1.77 bits per heavy atom. The summed E-state index contributed by atoms with van der Waals surface area (Å²) in [6, 6.07) is 11.4. The Bertz CT molecular complexity index is 1600. The van der Waals surface area contributed by atoms with E-state index in [1.807, 2.05) is 19.9 Å². The van der Waals surface area contributed by atoms with E-state index in [1.54, 1.807) is 30.3 Å². The Kier molecular flexibility index (Phi) is 7.14. The molecule has 0 fully saturated rings. The van der Waals surface area contributed by atoms with Crippen molar-refractivity contribution in [3.05, 3.63) is 74.9 Å². The number of aliphatic hydroxyl groups is 1. The molecule has 0 saturated heterocycles. The van der Waals surface area contributed by atoms with E-state index in [9.17, 15) is 30.3 Å². The maximum Gasteiger partial charge on any atom is 0.238 e. The Hall–Kier alpha value is -4.17. The lowest BCUT2D eigenvalue weighted by Gasteiger charge is -2.27. The zero-order valence-electron chi connectivity index (χ0n) is 21.9. The van der Waals surface area contributed by atoms with Gasteiger partial charge in [0.2, 0.25) is 11.2 Å². The first-order valence-corrected chi connectivity index (χ1v) is 13.1. The van der Waals surface area contributed by atoms with Crippen molar-refractivity contribution in [2.24, 2.45) is 5.92 Å². The molecular formula is C31H32O8. The highest BCUT2D eigenvalue weighted by molar-refractivity contribution is 5.90. The van der Waals surface area contributed by atoms with Gasteiger partial charge >= 0.3 is 0 Å². The molecular weight excluding hydrogens is 500 g/mol. The summed E-state index contributed by atoms with van der Waals surface area (Å²) in [6.07, 6.45) is 1.92. The van der Waals surface area contributed by atoms with Crippen LogP contribution in [0.5, 0.6) is 28.7 Å². The molecule has 1 aromatic heterocycles. The standard InChI is InChI=1S/C31H32O8/c1-16(2)10-18-13-20(14-19(27(18)35)11-17-4-3-5-21(33)12-17)30-29(37)28(36)26-25(39-30)15-24(34)23-7-6-22(8-9-32)38-31(23)26/h3-5,12-16,22,32-35,37H,6-11H2,1-2H3/t22-/m1/s1. The zero-order valence-corrected chi connectivity index (χ0v) is 21.9. The summed E-state index contributed by atoms with van der Waals surface area (Å²) in [7, 11) is 0. The number of ether oxygens (including phenoxy) is 1. The monoisotopic (exact) mass is 532 g/mol. The summed E-state index contributed by atoms with van der Waals surface area (Å²) < 4.78 is 12.0. The molecule has 39 heavy (non-hydrogen) atoms. The van der Waals surface area contributed by atoms with Crippen LogP contribution >= 0.6 is 0 Å². The van der Waals surface area contributed by atoms with Gasteiger partial charge in [-0.05, 0) is 66.1 Å². The van der Waals surface area contributed by atoms with Crippen LogP contribution in [-0.4, -0.2) is 38.2 Å². The molecule has 0 unspecified atom stereocenters. The van der Waals surface area contributed by atoms with Crippen LogP contribution < -0.4 is 10.2 Å². The molecule has 2 heterocycles. The number of fused-ring (bicyclic) bond motifs is 3. The first-order valence-electron chi connectivity index (χ1n) is 13.1. The number of aromatic hydroxyl groups is 4. The van der Waals surface area contributed by atoms with Crippen LogP contribution in [0.3, 0.4) is 0 Å². The summed E-state index contributed by atoms with van der Waals surface area (Å²) in [4.78, 5) is 13.5. The van der Waals surface area contributed by atoms with Crippen molar-refractivity contribution in [3.63, 3.8) is 0 Å². The first-order chi connectivity index (χ1) is 18.7. The number of phenols is 3. The fourth-order valence-electron chi connectivity index (χ4n) is 5.29. The Balaban J connectivity index is 1.68. The predicted molar refractivity (Wildman–Crippen MR) is 147 cm³/mol. The van der Waals surface area contributed by atoms with Gasteiger partial charge in [0.05, 0.1) is 0 Å². The highest BCUT2D eigenvalue weighted by atomic mass is 16.5. The van der Waals surface area contributed by atoms with Gasteiger partial charge in [0, 0.05) is 36.6 Å². The highest BCUT2D eigenvalue weighted by Crippen LogP contribution is 2.43. The van der Waals surface area contributed by atoms with Crippen LogP contribution in [0.1, 0.15) is 48.9 Å². The van der Waals surface area contributed by atoms with Gasteiger partial charge in [-0.2, -0.15) is 0 Å². The third-order valence-corrected chi connectivity index (χ3v) is 7.11. The molecule has 5 rings (SSSR count). The van der Waals surface area contributed by atoms with E-state index in [0.29, 0.717) is 54.4 Å². The smallest absolute Gasteiger partial charge is 0.238 e. The van der Waals surface area contributed by atoms with Crippen molar-refractivity contribution in [1.82, 2.24) is 0 Å². The van der Waals surface area contributed by atoms with Gasteiger partial charge in [0.1, 0.15) is 40.1 Å². The van der Waals surface area contributed by atoms with Crippen LogP contribution in [0.25, 0.3) is 22.3 Å². The summed E-state index contributed by atoms with van der Waals surface area (Å²) in [5.74, 6) is -0.172. The van der Waals surface area contributed by atoms with Crippen molar-refractivity contribution in [1.29, 1.82) is 0 Å². The number of hydrogen-bond donors (Lipinski definition) is 5. The summed E-state index contributed by atoms with van der Waals surface area (Å²) in [6.45, 7) is 3.96. The molecule has 1 atom stereocenters. The summed E-state index contributed by atoms with van der Waals surface area (Å²) in [5, 5.41) is 52.1. The Morgan fingerprint density at radius 3 is 2.49 bits per heavy atom. The molecule has 4 aromatic rings. The second kappa shape index (κ2) is 10.5. The molecule has 0 spiro atoms. The van der Waals surface area contributed by atoms with Crippen molar-refractivity contribution in [3.8, 4) is 40.1 Å². The van der Waals surface area contributed by atoms with Crippen LogP contribution in [-0.2, 0) is 19.3 Å². The number of phenolic OH excluding ortho intramolecular Hbond substituents is 3. The first kappa shape index (κ1) is 26.4. The van der Waals surface area contributed by atoms with Crippen molar-refractivity contribution < 1.29 is 34.7 Å². The van der Waals surface area contributed by atoms with E-state index < -0.39 is 11.2 Å². The van der Waals surface area contributed by atoms with Gasteiger partial charge in [-0.25, -0.2) is 0 Å². The van der Waals surface area contributed by atoms with E-state index >= 15 is 0 Å². The lowest BCUT2D eigenvalue weighted by atomic mass is 9.92. The van der Waals surface area contributed by atoms with Gasteiger partial charge in [-0.1, -0.05) is 26.0 Å². The number of benzene rings is 3. The molecule has 0 bridgehead atoms. The van der Waals surface area contributed by atoms with E-state index in [2.05, 4.69) is 0 Å². The molecule has 3 aromatic carbocycles. The molecule has 8 nitrogen and oxygen atoms in total. The fraction of sp³-hybridized carbons (Fsp3) is 0.323. The van der Waals surface area contributed by atoms with Gasteiger partial charge in [0.15, 0.2) is 5.76 Å². The third kappa shape index (κ3) is 5.12. The van der Waals surface area contributed by atoms with Crippen LogP contribution in [0.4, 0.5) is 0 Å². The molecule has 204 valence electrons. The molecule has 0 amide bonds. The maximum absolute atomic E-state index is 13.5. The molecule has 1 aliphatic rings. The molecule has 1 aliphatic heterocycles. The summed E-state index contributed by atoms with van der Waals surface area (Å²) in [5.41, 5.74) is 2.16. The van der Waals surface area contributed by atoms with E-state index in [4.69, 9.17) is 9.15 Å². The fourth-order valence-corrected chi connectivity index (χ4v) is 5.29. The minimum atomic E-state index is -0.694. The lowest BCUT2D eigenvalue weighted by Crippen LogP contribution is -2.25. The number of rotatable bonds is 7. The highest BCUT2D eigenvalue weighted by Gasteiger charge is 2.29. The van der Waals surface area contributed by atoms with E-state index in [-0.39, 0.29) is 58.4 Å². The molecule has 5 N–H and O–H groups in total. The molecule has 0 saturated carbocycles. The second-order valence-corrected chi connectivity index (χ2v) is 10.6. The largest absolute Gasteiger partial charge is 0.508 e. The van der Waals surface area contributed by atoms with Gasteiger partial charge in [-0.15, -0.1) is 0 Å². The van der Waals surface area contributed by atoms with Crippen molar-refractivity contribution >= 4 is 11.0 Å². The normalized spacial score (nSPS) is 14.9. The quantitative estimate of drug-likeness (QED) is 0.220. The average Bonchev–Trinajstić information content (AvgIpc) is 2.88. The van der Waals surface area contributed by atoms with E-state index in [1.165, 1.54) is 6.07 Å². The summed E-state index contributed by atoms with van der Waals surface area (Å²) >= 11 is 0. The average molecular weight is 533 g/mol. The topological polar surface area (TPSA) is 141 Å². The molecule has 0 aliphatic carbocycles. The lowest BCUT2D eigenvalue weighted by molar-refractivity contribution is 0.134. The van der Waals surface area contributed by atoms with Gasteiger partial charge in [0.25, 0.3) is 0 Å². The van der Waals surface area contributed by atoms with Crippen molar-refractivity contribution in [2.75, 3.05) is 6.61 Å². The van der Waals surface area contributed by atoms with Crippen LogP contribution in [0.2, 0.25) is 0 Å². The zero-order chi connectivity index (χ0) is 27.8. The van der Waals surface area contributed by atoms with Crippen molar-refractivity contribution in [2.45, 2.75) is 52.1 Å². The number of aliphatic hydroxyl groups excluding tert-OH is 1. The number of hydrogen-bond acceptors (Lipinski definition) is 8. The SMILES string of the molecule is CC(C)Cc1cc(-c2oc3cc(O)c4c(c3c(=O)c2O)O[C@@H](CCO)CC4)cc(Cc2cccc(O)c2)c1O. The van der Waals surface area contributed by atoms with Crippen LogP contribution in [0.15, 0.2) is 51.7 Å². The van der Waals surface area contributed by atoms with Crippen LogP contribution in [0, 0.1) is 5.92 Å². The molecule has 8 heteroatoms. The molecule has 0 radical (unpaired) electrons. The predicted octanol–water partition coefficient (Wildman–Crippen LogP) is 5.15. The Labute approximate surface area is 225 Å². The van der Waals surface area contributed by atoms with Gasteiger partial charge < -0.3 is 34.7 Å². The minimum absolute atomic E-state index is 0.0351. The third-order valence-electron chi connectivity index (χ3n) is 7.11. The Morgan fingerprint density at radius 1 is 1.00 bits per heavy atom. The van der Waals surface area contributed by atoms with Gasteiger partial charge in [-0.3, -0.25) is 4.79 Å². The minimum Gasteiger partial charge on any atom is -0.508 e. The van der Waals surface area contributed by atoms with E-state index in [0.717, 1.165) is 5.56 Å². The maximum atomic E-state index is 13.5.